The zero-order chi connectivity index (χ0) is 27.7. The van der Waals surface area contributed by atoms with E-state index in [9.17, 15) is 24.2 Å². The summed E-state index contributed by atoms with van der Waals surface area (Å²) in [5.41, 5.74) is 4.00. The van der Waals surface area contributed by atoms with Gasteiger partial charge in [-0.05, 0) is 30.7 Å². The lowest BCUT2D eigenvalue weighted by Crippen LogP contribution is -2.46. The van der Waals surface area contributed by atoms with Gasteiger partial charge in [-0.1, -0.05) is 0 Å². The number of rotatable bonds is 8. The fourth-order valence-electron chi connectivity index (χ4n) is 5.46. The average Bonchev–Trinajstić information content (AvgIpc) is 3.37. The van der Waals surface area contributed by atoms with Crippen molar-refractivity contribution < 1.29 is 33.7 Å². The van der Waals surface area contributed by atoms with Gasteiger partial charge in [0.2, 0.25) is 5.91 Å². The third-order valence-electron chi connectivity index (χ3n) is 7.42. The first-order valence-corrected chi connectivity index (χ1v) is 13.0. The fraction of sp³-hybridized carbons (Fsp3) is 0.481. The molecule has 39 heavy (non-hydrogen) atoms. The molecule has 5 N–H and O–H groups in total. The zero-order valence-electron chi connectivity index (χ0n) is 22.1. The maximum atomic E-state index is 14.8. The van der Waals surface area contributed by atoms with E-state index in [4.69, 9.17) is 9.47 Å². The first kappa shape index (κ1) is 27.4. The molecule has 12 heteroatoms. The number of β-amino-alcohol motifs (C(OH)–C–C–N with tert-alkyl or cyclic N) is 1. The van der Waals surface area contributed by atoms with Crippen LogP contribution in [0.1, 0.15) is 34.3 Å². The van der Waals surface area contributed by atoms with Crippen molar-refractivity contribution in [1.82, 2.24) is 14.8 Å². The molecule has 0 radical (unpaired) electrons. The number of fused-ring (bicyclic) bond motifs is 2. The van der Waals surface area contributed by atoms with E-state index in [-0.39, 0.29) is 17.9 Å². The minimum Gasteiger partial charge on any atom is -0.390 e. The number of hydrogen-bond acceptors (Lipinski definition) is 8. The first-order valence-electron chi connectivity index (χ1n) is 13.0. The van der Waals surface area contributed by atoms with Crippen LogP contribution >= 0.6 is 0 Å². The molecule has 0 aliphatic carbocycles. The van der Waals surface area contributed by atoms with E-state index >= 15 is 0 Å². The van der Waals surface area contributed by atoms with Crippen LogP contribution in [0.2, 0.25) is 0 Å². The molecule has 1 aromatic heterocycles. The number of carbonyl (C=O) groups is 2. The number of aliphatic hydroxyl groups excluding tert-OH is 2. The number of nitrogens with one attached hydrogen (secondary N) is 3. The maximum absolute atomic E-state index is 14.8. The Morgan fingerprint density at radius 2 is 2.08 bits per heavy atom. The van der Waals surface area contributed by atoms with Crippen molar-refractivity contribution in [2.75, 3.05) is 70.3 Å². The van der Waals surface area contributed by atoms with Gasteiger partial charge in [0.15, 0.2) is 0 Å². The number of halogens is 1. The summed E-state index contributed by atoms with van der Waals surface area (Å²) in [6.45, 7) is 5.93. The van der Waals surface area contributed by atoms with Crippen LogP contribution in [0.25, 0.3) is 11.6 Å². The molecule has 3 aliphatic rings. The van der Waals surface area contributed by atoms with Gasteiger partial charge in [0.05, 0.1) is 36.3 Å². The summed E-state index contributed by atoms with van der Waals surface area (Å²) in [6, 6.07) is 2.60. The Balaban J connectivity index is 1.34. The van der Waals surface area contributed by atoms with Crippen molar-refractivity contribution in [2.45, 2.75) is 25.7 Å². The summed E-state index contributed by atoms with van der Waals surface area (Å²) in [5.74, 6) is -1.58. The van der Waals surface area contributed by atoms with Gasteiger partial charge in [-0.2, -0.15) is 0 Å². The molecule has 0 saturated carbocycles. The summed E-state index contributed by atoms with van der Waals surface area (Å²) in [6.07, 6.45) is 0.777. The van der Waals surface area contributed by atoms with E-state index in [0.29, 0.717) is 56.2 Å². The van der Waals surface area contributed by atoms with Crippen molar-refractivity contribution in [3.63, 3.8) is 0 Å². The molecule has 210 valence electrons. The molecule has 2 amide bonds. The number of amides is 2. The highest BCUT2D eigenvalue weighted by atomic mass is 19.1. The van der Waals surface area contributed by atoms with Gasteiger partial charge in [-0.15, -0.1) is 0 Å². The molecular formula is C27H34FN5O6. The Morgan fingerprint density at radius 1 is 1.31 bits per heavy atom. The van der Waals surface area contributed by atoms with Gasteiger partial charge in [0.1, 0.15) is 18.7 Å². The van der Waals surface area contributed by atoms with Crippen LogP contribution in [0.3, 0.4) is 0 Å². The SMILES string of the molecule is COCC(=O)Nc1cc2c(cc1F)/C(=C/c1[nH]c3c(c1C)C(O)N(CC(O)CN1CCOCC1)CC3)C(=O)N2. The minimum absolute atomic E-state index is 0.0529. The van der Waals surface area contributed by atoms with Gasteiger partial charge >= 0.3 is 0 Å². The lowest BCUT2D eigenvalue weighted by atomic mass is 9.99. The van der Waals surface area contributed by atoms with Gasteiger partial charge < -0.3 is 35.3 Å². The zero-order valence-corrected chi connectivity index (χ0v) is 22.1. The highest BCUT2D eigenvalue weighted by Crippen LogP contribution is 2.38. The van der Waals surface area contributed by atoms with Gasteiger partial charge in [-0.3, -0.25) is 19.4 Å². The second-order valence-electron chi connectivity index (χ2n) is 10.1. The number of methoxy groups -OCH3 is 1. The maximum Gasteiger partial charge on any atom is 0.256 e. The van der Waals surface area contributed by atoms with Crippen LogP contribution in [0.4, 0.5) is 15.8 Å². The molecule has 1 aromatic carbocycles. The molecule has 4 heterocycles. The predicted molar refractivity (Wildman–Crippen MR) is 142 cm³/mol. The lowest BCUT2D eigenvalue weighted by Gasteiger charge is -2.35. The predicted octanol–water partition coefficient (Wildman–Crippen LogP) is 1.08. The minimum atomic E-state index is -0.906. The molecule has 2 atom stereocenters. The molecule has 0 spiro atoms. The molecule has 11 nitrogen and oxygen atoms in total. The van der Waals surface area contributed by atoms with E-state index in [0.717, 1.165) is 29.9 Å². The van der Waals surface area contributed by atoms with Gasteiger partial charge in [0.25, 0.3) is 5.91 Å². The Morgan fingerprint density at radius 3 is 2.82 bits per heavy atom. The van der Waals surface area contributed by atoms with Crippen LogP contribution in [-0.4, -0.2) is 103 Å². The molecule has 2 unspecified atom stereocenters. The van der Waals surface area contributed by atoms with E-state index in [1.807, 2.05) is 11.8 Å². The summed E-state index contributed by atoms with van der Waals surface area (Å²) in [7, 11) is 1.36. The number of aromatic amines is 1. The Hall–Kier alpha value is -3.13. The Labute approximate surface area is 225 Å². The van der Waals surface area contributed by atoms with E-state index in [1.54, 1.807) is 6.08 Å². The largest absolute Gasteiger partial charge is 0.390 e. The standard InChI is InChI=1S/C27H34FN5O6/c1-15-21(10-18-17-9-19(28)23(30-24(35)14-38-2)11-22(17)31-26(18)36)29-20-3-4-33(27(37)25(15)20)13-16(34)12-32-5-7-39-8-6-32/h9-11,16,27,29,34,37H,3-8,12-14H2,1-2H3,(H,30,35)(H,31,36)/b18-10-. The highest BCUT2D eigenvalue weighted by Gasteiger charge is 2.33. The number of benzene rings is 1. The molecule has 5 rings (SSSR count). The monoisotopic (exact) mass is 543 g/mol. The van der Waals surface area contributed by atoms with E-state index in [2.05, 4.69) is 20.5 Å². The number of anilines is 2. The van der Waals surface area contributed by atoms with Gasteiger partial charge in [-0.25, -0.2) is 4.39 Å². The first-order chi connectivity index (χ1) is 18.7. The fourth-order valence-corrected chi connectivity index (χ4v) is 5.46. The number of aromatic nitrogens is 1. The Bertz CT molecular complexity index is 1290. The molecule has 1 fully saturated rings. The van der Waals surface area contributed by atoms with Crippen LogP contribution in [0, 0.1) is 12.7 Å². The summed E-state index contributed by atoms with van der Waals surface area (Å²) in [5, 5.41) is 27.0. The quantitative estimate of drug-likeness (QED) is 0.312. The van der Waals surface area contributed by atoms with Crippen molar-refractivity contribution in [3.05, 3.63) is 46.0 Å². The number of aliphatic hydroxyl groups is 2. The van der Waals surface area contributed by atoms with Crippen LogP contribution in [0.15, 0.2) is 12.1 Å². The highest BCUT2D eigenvalue weighted by molar-refractivity contribution is 6.35. The van der Waals surface area contributed by atoms with Crippen molar-refractivity contribution in [1.29, 1.82) is 0 Å². The molecule has 2 aromatic rings. The number of nitrogens with zero attached hydrogens (tertiary/aromatic N) is 2. The van der Waals surface area contributed by atoms with E-state index < -0.39 is 30.0 Å². The summed E-state index contributed by atoms with van der Waals surface area (Å²) >= 11 is 0. The van der Waals surface area contributed by atoms with Crippen LogP contribution in [-0.2, 0) is 25.5 Å². The van der Waals surface area contributed by atoms with Crippen LogP contribution < -0.4 is 10.6 Å². The molecule has 3 aliphatic heterocycles. The van der Waals surface area contributed by atoms with E-state index in [1.165, 1.54) is 19.2 Å². The van der Waals surface area contributed by atoms with Gasteiger partial charge in [0, 0.05) is 68.8 Å². The number of ether oxygens (including phenoxy) is 2. The number of morpholine rings is 1. The number of H-pyrrole nitrogens is 1. The number of hydrogen-bond donors (Lipinski definition) is 5. The topological polar surface area (TPSA) is 139 Å². The third-order valence-corrected chi connectivity index (χ3v) is 7.42. The van der Waals surface area contributed by atoms with Crippen molar-refractivity contribution in [3.8, 4) is 0 Å². The summed E-state index contributed by atoms with van der Waals surface area (Å²) < 4.78 is 24.9. The molecule has 0 bridgehead atoms. The second-order valence-corrected chi connectivity index (χ2v) is 10.1. The lowest BCUT2D eigenvalue weighted by molar-refractivity contribution is -0.119. The molecular weight excluding hydrogens is 509 g/mol. The smallest absolute Gasteiger partial charge is 0.256 e. The average molecular weight is 544 g/mol. The molecule has 1 saturated heterocycles. The third kappa shape index (κ3) is 5.76. The summed E-state index contributed by atoms with van der Waals surface area (Å²) in [4.78, 5) is 32.0. The number of carbonyl (C=O) groups excluding carboxylic acids is 2. The second kappa shape index (κ2) is 11.5. The Kier molecular flexibility index (Phi) is 8.12. The normalized spacial score (nSPS) is 21.5. The van der Waals surface area contributed by atoms with Crippen molar-refractivity contribution >= 4 is 34.8 Å². The van der Waals surface area contributed by atoms with Crippen LogP contribution in [0.5, 0.6) is 0 Å². The van der Waals surface area contributed by atoms with Crippen molar-refractivity contribution in [2.24, 2.45) is 0 Å².